The van der Waals surface area contributed by atoms with Crippen molar-refractivity contribution >= 4 is 5.69 Å². The number of aryl methyl sites for hydroxylation is 1. The van der Waals surface area contributed by atoms with Gasteiger partial charge in [-0.25, -0.2) is 0 Å². The molecule has 4 nitrogen and oxygen atoms in total. The molecule has 0 radical (unpaired) electrons. The van der Waals surface area contributed by atoms with Crippen LogP contribution in [0.3, 0.4) is 0 Å². The van der Waals surface area contributed by atoms with Crippen molar-refractivity contribution in [2.45, 2.75) is 26.3 Å². The predicted octanol–water partition coefficient (Wildman–Crippen LogP) is 3.02. The van der Waals surface area contributed by atoms with E-state index in [0.29, 0.717) is 6.42 Å². The highest BCUT2D eigenvalue weighted by atomic mass is 15.0. The monoisotopic (exact) mass is 252 g/mol. The van der Waals surface area contributed by atoms with Gasteiger partial charge in [0.25, 0.3) is 0 Å². The third kappa shape index (κ3) is 3.29. The first-order chi connectivity index (χ1) is 9.20. The highest BCUT2D eigenvalue weighted by molar-refractivity contribution is 5.46. The second kappa shape index (κ2) is 5.96. The summed E-state index contributed by atoms with van der Waals surface area (Å²) >= 11 is 0. The molecule has 19 heavy (non-hydrogen) atoms. The van der Waals surface area contributed by atoms with Crippen molar-refractivity contribution in [2.75, 3.05) is 5.32 Å². The summed E-state index contributed by atoms with van der Waals surface area (Å²) in [7, 11) is 0. The zero-order chi connectivity index (χ0) is 13.7. The smallest absolute Gasteiger partial charge is 0.0835 e. The number of benzene rings is 1. The average Bonchev–Trinajstić information content (AvgIpc) is 2.42. The fraction of sp³-hybridized carbons (Fsp3) is 0.267. The molecule has 1 heterocycles. The summed E-state index contributed by atoms with van der Waals surface area (Å²) in [4.78, 5) is 8.60. The van der Waals surface area contributed by atoms with Crippen LogP contribution in [0.15, 0.2) is 36.7 Å². The van der Waals surface area contributed by atoms with E-state index >= 15 is 0 Å². The Kier molecular flexibility index (Phi) is 4.09. The van der Waals surface area contributed by atoms with Gasteiger partial charge in [-0.1, -0.05) is 12.1 Å². The van der Waals surface area contributed by atoms with Gasteiger partial charge in [0.05, 0.1) is 29.9 Å². The molecular formula is C15H16N4. The lowest BCUT2D eigenvalue weighted by Crippen LogP contribution is -2.10. The zero-order valence-corrected chi connectivity index (χ0v) is 11.1. The maximum absolute atomic E-state index is 8.63. The molecule has 0 saturated heterocycles. The molecule has 0 spiro atoms. The van der Waals surface area contributed by atoms with Crippen LogP contribution in [0.1, 0.15) is 29.9 Å². The summed E-state index contributed by atoms with van der Waals surface area (Å²) in [6.45, 7) is 4.01. The standard InChI is InChI=1S/C15H16N4/c1-11-15(18-10-9-17-11)12(2)19-14-5-3-13(4-6-14)7-8-16/h3-6,9-10,12,19H,7H2,1-2H3. The first kappa shape index (κ1) is 13.0. The number of hydrogen-bond donors (Lipinski definition) is 1. The number of anilines is 1. The zero-order valence-electron chi connectivity index (χ0n) is 11.1. The lowest BCUT2D eigenvalue weighted by Gasteiger charge is -2.16. The van der Waals surface area contributed by atoms with Crippen LogP contribution in [-0.2, 0) is 6.42 Å². The van der Waals surface area contributed by atoms with E-state index in [1.54, 1.807) is 12.4 Å². The third-order valence-electron chi connectivity index (χ3n) is 2.95. The highest BCUT2D eigenvalue weighted by Crippen LogP contribution is 2.19. The molecule has 1 aromatic carbocycles. The van der Waals surface area contributed by atoms with Gasteiger partial charge < -0.3 is 5.32 Å². The molecular weight excluding hydrogens is 236 g/mol. The van der Waals surface area contributed by atoms with Crippen molar-refractivity contribution in [1.82, 2.24) is 9.97 Å². The quantitative estimate of drug-likeness (QED) is 0.908. The van der Waals surface area contributed by atoms with E-state index in [1.165, 1.54) is 0 Å². The summed E-state index contributed by atoms with van der Waals surface area (Å²) < 4.78 is 0. The normalized spacial score (nSPS) is 11.6. The summed E-state index contributed by atoms with van der Waals surface area (Å²) in [6.07, 6.45) is 3.85. The van der Waals surface area contributed by atoms with Crippen molar-refractivity contribution in [3.63, 3.8) is 0 Å². The SMILES string of the molecule is Cc1nccnc1C(C)Nc1ccc(CC#N)cc1. The van der Waals surface area contributed by atoms with E-state index in [2.05, 4.69) is 28.3 Å². The molecule has 96 valence electrons. The molecule has 0 aliphatic heterocycles. The van der Waals surface area contributed by atoms with Gasteiger partial charge in [0.15, 0.2) is 0 Å². The molecule has 2 aromatic rings. The van der Waals surface area contributed by atoms with E-state index in [0.717, 1.165) is 22.6 Å². The van der Waals surface area contributed by atoms with Crippen LogP contribution in [-0.4, -0.2) is 9.97 Å². The number of nitrogens with zero attached hydrogens (tertiary/aromatic N) is 3. The fourth-order valence-electron chi connectivity index (χ4n) is 1.97. The topological polar surface area (TPSA) is 61.6 Å². The van der Waals surface area contributed by atoms with Gasteiger partial charge in [-0.05, 0) is 31.5 Å². The van der Waals surface area contributed by atoms with Gasteiger partial charge in [-0.15, -0.1) is 0 Å². The van der Waals surface area contributed by atoms with Gasteiger partial charge in [0.1, 0.15) is 0 Å². The largest absolute Gasteiger partial charge is 0.377 e. The van der Waals surface area contributed by atoms with E-state index < -0.39 is 0 Å². The highest BCUT2D eigenvalue weighted by Gasteiger charge is 2.10. The van der Waals surface area contributed by atoms with Crippen molar-refractivity contribution in [1.29, 1.82) is 5.26 Å². The summed E-state index contributed by atoms with van der Waals surface area (Å²) in [5, 5.41) is 12.0. The Labute approximate surface area is 113 Å². The molecule has 1 N–H and O–H groups in total. The number of nitrogens with one attached hydrogen (secondary N) is 1. The van der Waals surface area contributed by atoms with Crippen molar-refractivity contribution in [3.8, 4) is 6.07 Å². The molecule has 2 rings (SSSR count). The minimum Gasteiger partial charge on any atom is -0.377 e. The van der Waals surface area contributed by atoms with Gasteiger partial charge in [0.2, 0.25) is 0 Å². The summed E-state index contributed by atoms with van der Waals surface area (Å²) in [5.41, 5.74) is 3.92. The van der Waals surface area contributed by atoms with Crippen LogP contribution < -0.4 is 5.32 Å². The molecule has 0 aliphatic rings. The molecule has 1 atom stereocenters. The molecule has 1 unspecified atom stereocenters. The number of hydrogen-bond acceptors (Lipinski definition) is 4. The van der Waals surface area contributed by atoms with Crippen molar-refractivity contribution in [3.05, 3.63) is 53.6 Å². The average molecular weight is 252 g/mol. The molecule has 0 bridgehead atoms. The van der Waals surface area contributed by atoms with Crippen LogP contribution in [0.25, 0.3) is 0 Å². The third-order valence-corrected chi connectivity index (χ3v) is 2.95. The Morgan fingerprint density at radius 2 is 1.89 bits per heavy atom. The molecule has 0 aliphatic carbocycles. The van der Waals surface area contributed by atoms with Crippen molar-refractivity contribution < 1.29 is 0 Å². The van der Waals surface area contributed by atoms with Gasteiger partial charge >= 0.3 is 0 Å². The Morgan fingerprint density at radius 1 is 1.21 bits per heavy atom. The lowest BCUT2D eigenvalue weighted by molar-refractivity contribution is 0.810. The van der Waals surface area contributed by atoms with E-state index in [9.17, 15) is 0 Å². The van der Waals surface area contributed by atoms with Crippen LogP contribution in [0, 0.1) is 18.3 Å². The van der Waals surface area contributed by atoms with Gasteiger partial charge in [-0.3, -0.25) is 9.97 Å². The summed E-state index contributed by atoms with van der Waals surface area (Å²) in [6, 6.07) is 10.1. The fourth-order valence-corrected chi connectivity index (χ4v) is 1.97. The Balaban J connectivity index is 2.09. The summed E-state index contributed by atoms with van der Waals surface area (Å²) in [5.74, 6) is 0. The van der Waals surface area contributed by atoms with Gasteiger partial charge in [0, 0.05) is 18.1 Å². The molecule has 4 heteroatoms. The molecule has 0 fully saturated rings. The Hall–Kier alpha value is -2.41. The van der Waals surface area contributed by atoms with Crippen molar-refractivity contribution in [2.24, 2.45) is 0 Å². The van der Waals surface area contributed by atoms with Crippen LogP contribution >= 0.6 is 0 Å². The minimum atomic E-state index is 0.0931. The van der Waals surface area contributed by atoms with Gasteiger partial charge in [-0.2, -0.15) is 5.26 Å². The second-order valence-corrected chi connectivity index (χ2v) is 4.42. The lowest BCUT2D eigenvalue weighted by atomic mass is 10.1. The maximum Gasteiger partial charge on any atom is 0.0835 e. The number of rotatable bonds is 4. The second-order valence-electron chi connectivity index (χ2n) is 4.42. The van der Waals surface area contributed by atoms with Crippen LogP contribution in [0.2, 0.25) is 0 Å². The number of nitriles is 1. The number of aromatic nitrogens is 2. The van der Waals surface area contributed by atoms with Crippen LogP contribution in [0.5, 0.6) is 0 Å². The van der Waals surface area contributed by atoms with Crippen LogP contribution in [0.4, 0.5) is 5.69 Å². The van der Waals surface area contributed by atoms with E-state index in [1.807, 2.05) is 31.2 Å². The first-order valence-electron chi connectivity index (χ1n) is 6.20. The minimum absolute atomic E-state index is 0.0931. The first-order valence-corrected chi connectivity index (χ1v) is 6.20. The molecule has 0 amide bonds. The Morgan fingerprint density at radius 3 is 2.53 bits per heavy atom. The van der Waals surface area contributed by atoms with E-state index in [-0.39, 0.29) is 6.04 Å². The predicted molar refractivity (Wildman–Crippen MR) is 74.6 cm³/mol. The molecule has 0 saturated carbocycles. The molecule has 1 aromatic heterocycles. The maximum atomic E-state index is 8.63. The van der Waals surface area contributed by atoms with E-state index in [4.69, 9.17) is 5.26 Å². The Bertz CT molecular complexity index is 584.